The molecule has 1 saturated heterocycles. The fraction of sp³-hybridized carbons (Fsp3) is 0.333. The normalized spacial score (nSPS) is 17.0. The van der Waals surface area contributed by atoms with Crippen molar-refractivity contribution in [1.82, 2.24) is 0 Å². The van der Waals surface area contributed by atoms with E-state index in [9.17, 15) is 9.59 Å². The minimum absolute atomic E-state index is 0.00402. The Morgan fingerprint density at radius 2 is 1.88 bits per heavy atom. The zero-order valence-electron chi connectivity index (χ0n) is 15.4. The van der Waals surface area contributed by atoms with E-state index in [0.29, 0.717) is 18.1 Å². The fourth-order valence-electron chi connectivity index (χ4n) is 3.11. The summed E-state index contributed by atoms with van der Waals surface area (Å²) in [5, 5.41) is 2.82. The first-order valence-electron chi connectivity index (χ1n) is 8.93. The third-order valence-corrected chi connectivity index (χ3v) is 5.70. The van der Waals surface area contributed by atoms with Crippen LogP contribution in [0.3, 0.4) is 0 Å². The van der Waals surface area contributed by atoms with Crippen LogP contribution in [0.2, 0.25) is 0 Å². The van der Waals surface area contributed by atoms with Gasteiger partial charge in [-0.05, 0) is 35.2 Å². The molecule has 5 heteroatoms. The molecule has 4 nitrogen and oxygen atoms in total. The summed E-state index contributed by atoms with van der Waals surface area (Å²) in [5.41, 5.74) is 4.02. The number of anilines is 2. The lowest BCUT2D eigenvalue weighted by Gasteiger charge is -2.27. The van der Waals surface area contributed by atoms with Crippen LogP contribution in [0.5, 0.6) is 0 Å². The van der Waals surface area contributed by atoms with Crippen molar-refractivity contribution in [2.24, 2.45) is 0 Å². The number of amides is 2. The van der Waals surface area contributed by atoms with Crippen LogP contribution >= 0.6 is 11.8 Å². The molecule has 1 aliphatic rings. The van der Waals surface area contributed by atoms with Crippen molar-refractivity contribution >= 4 is 35.0 Å². The average Bonchev–Trinajstić information content (AvgIpc) is 3.03. The van der Waals surface area contributed by atoms with Gasteiger partial charge in [-0.25, -0.2) is 0 Å². The molecule has 1 N–H and O–H groups in total. The van der Waals surface area contributed by atoms with Crippen LogP contribution in [0, 0.1) is 0 Å². The highest BCUT2D eigenvalue weighted by Crippen LogP contribution is 2.44. The van der Waals surface area contributed by atoms with E-state index in [0.717, 1.165) is 16.9 Å². The quantitative estimate of drug-likeness (QED) is 0.813. The zero-order chi connectivity index (χ0) is 18.7. The minimum atomic E-state index is -0.0432. The van der Waals surface area contributed by atoms with Gasteiger partial charge in [0, 0.05) is 17.8 Å². The van der Waals surface area contributed by atoms with Gasteiger partial charge in [0.2, 0.25) is 11.8 Å². The van der Waals surface area contributed by atoms with Gasteiger partial charge >= 0.3 is 0 Å². The van der Waals surface area contributed by atoms with Crippen LogP contribution in [0.4, 0.5) is 11.4 Å². The first-order valence-corrected chi connectivity index (χ1v) is 9.98. The maximum absolute atomic E-state index is 12.6. The Labute approximate surface area is 159 Å². The molecule has 0 aliphatic carbocycles. The Morgan fingerprint density at radius 1 is 1.19 bits per heavy atom. The molecule has 1 heterocycles. The van der Waals surface area contributed by atoms with Gasteiger partial charge < -0.3 is 5.32 Å². The molecule has 1 aliphatic heterocycles. The second kappa shape index (κ2) is 7.96. The topological polar surface area (TPSA) is 49.4 Å². The standard InChI is InChI=1S/C21H24N2O2S/c1-4-19(24)22-16-11-9-15(10-12-16)21-23(20(25)13-26-21)18-8-6-5-7-17(18)14(2)3/h5-12,14,21H,4,13H2,1-3H3,(H,22,24)/t21-/m0/s1. The summed E-state index contributed by atoms with van der Waals surface area (Å²) in [6.07, 6.45) is 0.453. The second-order valence-corrected chi connectivity index (χ2v) is 7.73. The molecule has 2 amide bonds. The molecule has 1 atom stereocenters. The van der Waals surface area contributed by atoms with Gasteiger partial charge in [0.15, 0.2) is 0 Å². The van der Waals surface area contributed by atoms with E-state index in [1.807, 2.05) is 54.3 Å². The molecule has 0 aromatic heterocycles. The Bertz CT molecular complexity index is 802. The van der Waals surface area contributed by atoms with Gasteiger partial charge in [0.25, 0.3) is 0 Å². The highest BCUT2D eigenvalue weighted by molar-refractivity contribution is 8.00. The highest BCUT2D eigenvalue weighted by Gasteiger charge is 2.35. The summed E-state index contributed by atoms with van der Waals surface area (Å²) >= 11 is 1.64. The van der Waals surface area contributed by atoms with Crippen molar-refractivity contribution in [3.8, 4) is 0 Å². The summed E-state index contributed by atoms with van der Waals surface area (Å²) in [4.78, 5) is 26.1. The van der Waals surface area contributed by atoms with Crippen LogP contribution < -0.4 is 10.2 Å². The maximum Gasteiger partial charge on any atom is 0.238 e. The molecule has 2 aromatic carbocycles. The van der Waals surface area contributed by atoms with Crippen molar-refractivity contribution in [3.05, 3.63) is 59.7 Å². The third-order valence-electron chi connectivity index (χ3n) is 4.49. The summed E-state index contributed by atoms with van der Waals surface area (Å²) in [6.45, 7) is 6.12. The Kier molecular flexibility index (Phi) is 5.67. The molecule has 0 saturated carbocycles. The molecule has 3 rings (SSSR count). The van der Waals surface area contributed by atoms with Crippen molar-refractivity contribution in [2.45, 2.75) is 38.5 Å². The Hall–Kier alpha value is -2.27. The lowest BCUT2D eigenvalue weighted by atomic mass is 10.00. The number of hydrogen-bond acceptors (Lipinski definition) is 3. The number of carbonyl (C=O) groups excluding carboxylic acids is 2. The Balaban J connectivity index is 1.90. The average molecular weight is 369 g/mol. The summed E-state index contributed by atoms with van der Waals surface area (Å²) in [7, 11) is 0. The van der Waals surface area contributed by atoms with E-state index in [1.165, 1.54) is 5.56 Å². The predicted octanol–water partition coefficient (Wildman–Crippen LogP) is 4.94. The molecule has 136 valence electrons. The first kappa shape index (κ1) is 18.5. The van der Waals surface area contributed by atoms with E-state index >= 15 is 0 Å². The number of hydrogen-bond donors (Lipinski definition) is 1. The van der Waals surface area contributed by atoms with E-state index in [2.05, 4.69) is 25.2 Å². The smallest absolute Gasteiger partial charge is 0.238 e. The number of thioether (sulfide) groups is 1. The number of rotatable bonds is 5. The maximum atomic E-state index is 12.6. The van der Waals surface area contributed by atoms with E-state index in [-0.39, 0.29) is 17.2 Å². The van der Waals surface area contributed by atoms with Crippen molar-refractivity contribution in [3.63, 3.8) is 0 Å². The van der Waals surface area contributed by atoms with Gasteiger partial charge in [-0.1, -0.05) is 51.1 Å². The lowest BCUT2D eigenvalue weighted by molar-refractivity contribution is -0.116. The number of para-hydroxylation sites is 1. The summed E-state index contributed by atoms with van der Waals surface area (Å²) in [6, 6.07) is 15.9. The lowest BCUT2D eigenvalue weighted by Crippen LogP contribution is -2.29. The minimum Gasteiger partial charge on any atom is -0.326 e. The van der Waals surface area contributed by atoms with Crippen LogP contribution in [-0.2, 0) is 9.59 Å². The third kappa shape index (κ3) is 3.78. The molecule has 0 unspecified atom stereocenters. The zero-order valence-corrected chi connectivity index (χ0v) is 16.2. The number of nitrogens with zero attached hydrogens (tertiary/aromatic N) is 1. The second-order valence-electron chi connectivity index (χ2n) is 6.66. The molecule has 0 bridgehead atoms. The number of nitrogens with one attached hydrogen (secondary N) is 1. The van der Waals surface area contributed by atoms with Gasteiger partial charge in [0.1, 0.15) is 5.37 Å². The van der Waals surface area contributed by atoms with E-state index in [4.69, 9.17) is 0 Å². The first-order chi connectivity index (χ1) is 12.5. The van der Waals surface area contributed by atoms with Crippen LogP contribution in [0.1, 0.15) is 49.6 Å². The van der Waals surface area contributed by atoms with E-state index in [1.54, 1.807) is 11.8 Å². The Morgan fingerprint density at radius 3 is 2.54 bits per heavy atom. The number of carbonyl (C=O) groups is 2. The van der Waals surface area contributed by atoms with E-state index < -0.39 is 0 Å². The molecule has 0 radical (unpaired) electrons. The van der Waals surface area contributed by atoms with Gasteiger partial charge in [-0.3, -0.25) is 14.5 Å². The van der Waals surface area contributed by atoms with Crippen LogP contribution in [-0.4, -0.2) is 17.6 Å². The molecule has 2 aromatic rings. The summed E-state index contributed by atoms with van der Waals surface area (Å²) < 4.78 is 0. The van der Waals surface area contributed by atoms with Crippen LogP contribution in [0.15, 0.2) is 48.5 Å². The SMILES string of the molecule is CCC(=O)Nc1ccc([C@@H]2SCC(=O)N2c2ccccc2C(C)C)cc1. The van der Waals surface area contributed by atoms with Crippen molar-refractivity contribution in [1.29, 1.82) is 0 Å². The largest absolute Gasteiger partial charge is 0.326 e. The molecule has 26 heavy (non-hydrogen) atoms. The van der Waals surface area contributed by atoms with Gasteiger partial charge in [-0.15, -0.1) is 11.8 Å². The van der Waals surface area contributed by atoms with Crippen molar-refractivity contribution < 1.29 is 9.59 Å². The highest BCUT2D eigenvalue weighted by atomic mass is 32.2. The summed E-state index contributed by atoms with van der Waals surface area (Å²) in [5.74, 6) is 0.954. The molecule has 0 spiro atoms. The monoisotopic (exact) mass is 368 g/mol. The fourth-order valence-corrected chi connectivity index (χ4v) is 4.28. The van der Waals surface area contributed by atoms with Crippen LogP contribution in [0.25, 0.3) is 0 Å². The molecule has 1 fully saturated rings. The van der Waals surface area contributed by atoms with Crippen molar-refractivity contribution in [2.75, 3.05) is 16.0 Å². The van der Waals surface area contributed by atoms with Gasteiger partial charge in [0.05, 0.1) is 5.75 Å². The van der Waals surface area contributed by atoms with Gasteiger partial charge in [-0.2, -0.15) is 0 Å². The predicted molar refractivity (Wildman–Crippen MR) is 109 cm³/mol. The number of benzene rings is 2. The molecular formula is C21H24N2O2S. The molecular weight excluding hydrogens is 344 g/mol.